The number of likely N-dealkylation sites (N-methyl/N-ethyl adjacent to an activating group) is 1. The van der Waals surface area contributed by atoms with Gasteiger partial charge in [0.05, 0.1) is 12.5 Å². The van der Waals surface area contributed by atoms with E-state index in [-0.39, 0.29) is 24.2 Å². The van der Waals surface area contributed by atoms with Crippen LogP contribution in [-0.2, 0) is 4.79 Å². The second-order valence-electron chi connectivity index (χ2n) is 5.11. The normalized spacial score (nSPS) is 17.7. The number of halogens is 2. The molecule has 1 fully saturated rings. The van der Waals surface area contributed by atoms with Crippen molar-refractivity contribution < 1.29 is 9.53 Å². The van der Waals surface area contributed by atoms with Gasteiger partial charge in [-0.3, -0.25) is 4.79 Å². The number of hydrogen-bond donors (Lipinski definition) is 1. The van der Waals surface area contributed by atoms with Crippen LogP contribution < -0.4 is 10.1 Å². The highest BCUT2D eigenvalue weighted by molar-refractivity contribution is 6.30. The quantitative estimate of drug-likeness (QED) is 0.901. The molecule has 1 atom stereocenters. The van der Waals surface area contributed by atoms with Gasteiger partial charge in [-0.25, -0.2) is 0 Å². The first kappa shape index (κ1) is 18.1. The van der Waals surface area contributed by atoms with Crippen molar-refractivity contribution in [3.05, 3.63) is 29.3 Å². The monoisotopic (exact) mass is 332 g/mol. The first-order chi connectivity index (χ1) is 9.66. The third kappa shape index (κ3) is 5.73. The molecule has 1 aliphatic heterocycles. The Morgan fingerprint density at radius 2 is 2.14 bits per heavy atom. The van der Waals surface area contributed by atoms with Gasteiger partial charge in [0.25, 0.3) is 0 Å². The summed E-state index contributed by atoms with van der Waals surface area (Å²) in [5.74, 6) is 1.09. The minimum absolute atomic E-state index is 0. The summed E-state index contributed by atoms with van der Waals surface area (Å²) < 4.78 is 5.60. The van der Waals surface area contributed by atoms with Gasteiger partial charge in [0.1, 0.15) is 12.4 Å². The van der Waals surface area contributed by atoms with Gasteiger partial charge in [-0.05, 0) is 43.7 Å². The maximum atomic E-state index is 12.2. The van der Waals surface area contributed by atoms with Crippen molar-refractivity contribution in [2.45, 2.75) is 12.8 Å². The summed E-state index contributed by atoms with van der Waals surface area (Å²) in [6.45, 7) is 2.90. The fourth-order valence-electron chi connectivity index (χ4n) is 2.32. The van der Waals surface area contributed by atoms with Gasteiger partial charge in [0.15, 0.2) is 0 Å². The molecule has 1 N–H and O–H groups in total. The van der Waals surface area contributed by atoms with Crippen LogP contribution in [0.1, 0.15) is 12.8 Å². The molecule has 1 heterocycles. The SMILES string of the molecule is CN(CCOc1ccc(Cl)cc1)C(=O)C1CCCNC1.Cl. The van der Waals surface area contributed by atoms with Gasteiger partial charge in [-0.1, -0.05) is 11.6 Å². The number of nitrogens with zero attached hydrogens (tertiary/aromatic N) is 1. The first-order valence-electron chi connectivity index (χ1n) is 7.01. The van der Waals surface area contributed by atoms with E-state index in [4.69, 9.17) is 16.3 Å². The molecule has 21 heavy (non-hydrogen) atoms. The van der Waals surface area contributed by atoms with Crippen LogP contribution in [0.15, 0.2) is 24.3 Å². The number of carbonyl (C=O) groups is 1. The average Bonchev–Trinajstić information content (AvgIpc) is 2.49. The van der Waals surface area contributed by atoms with Crippen LogP contribution >= 0.6 is 24.0 Å². The molecule has 1 aliphatic rings. The summed E-state index contributed by atoms with van der Waals surface area (Å²) in [6.07, 6.45) is 2.06. The zero-order chi connectivity index (χ0) is 14.4. The lowest BCUT2D eigenvalue weighted by atomic mass is 9.98. The fraction of sp³-hybridized carbons (Fsp3) is 0.533. The molecule has 1 amide bonds. The van der Waals surface area contributed by atoms with Crippen molar-refractivity contribution in [2.75, 3.05) is 33.3 Å². The van der Waals surface area contributed by atoms with Crippen LogP contribution in [0.5, 0.6) is 5.75 Å². The Morgan fingerprint density at radius 3 is 2.76 bits per heavy atom. The summed E-state index contributed by atoms with van der Waals surface area (Å²) in [5, 5.41) is 3.96. The number of ether oxygens (including phenoxy) is 1. The second-order valence-corrected chi connectivity index (χ2v) is 5.54. The van der Waals surface area contributed by atoms with Crippen molar-refractivity contribution >= 4 is 29.9 Å². The van der Waals surface area contributed by atoms with Gasteiger partial charge in [0.2, 0.25) is 5.91 Å². The Bertz CT molecular complexity index is 434. The van der Waals surface area contributed by atoms with Gasteiger partial charge in [-0.2, -0.15) is 0 Å². The largest absolute Gasteiger partial charge is 0.492 e. The van der Waals surface area contributed by atoms with E-state index < -0.39 is 0 Å². The van der Waals surface area contributed by atoms with E-state index in [1.54, 1.807) is 17.0 Å². The fourth-order valence-corrected chi connectivity index (χ4v) is 2.44. The van der Waals surface area contributed by atoms with Crippen molar-refractivity contribution in [1.29, 1.82) is 0 Å². The number of nitrogens with one attached hydrogen (secondary N) is 1. The molecule has 0 bridgehead atoms. The van der Waals surface area contributed by atoms with E-state index in [1.807, 2.05) is 19.2 Å². The van der Waals surface area contributed by atoms with E-state index in [0.717, 1.165) is 31.7 Å². The molecule has 118 valence electrons. The maximum Gasteiger partial charge on any atom is 0.226 e. The molecular formula is C15H22Cl2N2O2. The number of amides is 1. The number of hydrogen-bond acceptors (Lipinski definition) is 3. The van der Waals surface area contributed by atoms with Gasteiger partial charge < -0.3 is 15.0 Å². The van der Waals surface area contributed by atoms with Crippen LogP contribution in [0.3, 0.4) is 0 Å². The lowest BCUT2D eigenvalue weighted by Crippen LogP contribution is -2.42. The molecule has 1 aromatic carbocycles. The molecule has 0 radical (unpaired) electrons. The maximum absolute atomic E-state index is 12.2. The van der Waals surface area contributed by atoms with Crippen LogP contribution in [0.4, 0.5) is 0 Å². The summed E-state index contributed by atoms with van der Waals surface area (Å²) in [4.78, 5) is 14.0. The molecule has 1 unspecified atom stereocenters. The molecule has 1 aromatic rings. The van der Waals surface area contributed by atoms with Crippen LogP contribution in [0.2, 0.25) is 5.02 Å². The van der Waals surface area contributed by atoms with Crippen molar-refractivity contribution in [2.24, 2.45) is 5.92 Å². The van der Waals surface area contributed by atoms with Gasteiger partial charge in [0, 0.05) is 18.6 Å². The lowest BCUT2D eigenvalue weighted by Gasteiger charge is -2.27. The van der Waals surface area contributed by atoms with Crippen LogP contribution in [0, 0.1) is 5.92 Å². The summed E-state index contributed by atoms with van der Waals surface area (Å²) in [7, 11) is 1.84. The Kier molecular flexibility index (Phi) is 7.86. The average molecular weight is 333 g/mol. The van der Waals surface area contributed by atoms with E-state index in [1.165, 1.54) is 0 Å². The second kappa shape index (κ2) is 9.13. The third-order valence-corrected chi connectivity index (χ3v) is 3.78. The standard InChI is InChI=1S/C15H21ClN2O2.ClH/c1-18(15(19)12-3-2-8-17-11-12)9-10-20-14-6-4-13(16)5-7-14;/h4-7,12,17H,2-3,8-11H2,1H3;1H. The van der Waals surface area contributed by atoms with Crippen LogP contribution in [0.25, 0.3) is 0 Å². The van der Waals surface area contributed by atoms with E-state index in [2.05, 4.69) is 5.32 Å². The predicted octanol–water partition coefficient (Wildman–Crippen LogP) is 2.60. The predicted molar refractivity (Wildman–Crippen MR) is 87.4 cm³/mol. The number of benzene rings is 1. The van der Waals surface area contributed by atoms with Crippen LogP contribution in [-0.4, -0.2) is 44.1 Å². The molecule has 2 rings (SSSR count). The van der Waals surface area contributed by atoms with Crippen molar-refractivity contribution in [1.82, 2.24) is 10.2 Å². The summed E-state index contributed by atoms with van der Waals surface area (Å²) in [6, 6.07) is 7.24. The highest BCUT2D eigenvalue weighted by atomic mass is 35.5. The van der Waals surface area contributed by atoms with Crippen molar-refractivity contribution in [3.8, 4) is 5.75 Å². The molecule has 6 heteroatoms. The Morgan fingerprint density at radius 1 is 1.43 bits per heavy atom. The van der Waals surface area contributed by atoms with E-state index in [0.29, 0.717) is 18.2 Å². The minimum Gasteiger partial charge on any atom is -0.492 e. The number of rotatable bonds is 5. The molecule has 4 nitrogen and oxygen atoms in total. The number of piperidine rings is 1. The topological polar surface area (TPSA) is 41.6 Å². The van der Waals surface area contributed by atoms with E-state index in [9.17, 15) is 4.79 Å². The zero-order valence-electron chi connectivity index (χ0n) is 12.2. The molecular weight excluding hydrogens is 311 g/mol. The summed E-state index contributed by atoms with van der Waals surface area (Å²) >= 11 is 5.81. The third-order valence-electron chi connectivity index (χ3n) is 3.53. The highest BCUT2D eigenvalue weighted by Crippen LogP contribution is 2.16. The molecule has 0 saturated carbocycles. The Balaban J connectivity index is 0.00000220. The number of carbonyl (C=O) groups excluding carboxylic acids is 1. The zero-order valence-corrected chi connectivity index (χ0v) is 13.8. The smallest absolute Gasteiger partial charge is 0.226 e. The molecule has 0 spiro atoms. The Hall–Kier alpha value is -0.970. The molecule has 0 aliphatic carbocycles. The first-order valence-corrected chi connectivity index (χ1v) is 7.38. The van der Waals surface area contributed by atoms with Gasteiger partial charge in [-0.15, -0.1) is 12.4 Å². The highest BCUT2D eigenvalue weighted by Gasteiger charge is 2.23. The van der Waals surface area contributed by atoms with Crippen molar-refractivity contribution in [3.63, 3.8) is 0 Å². The molecule has 0 aromatic heterocycles. The molecule has 1 saturated heterocycles. The van der Waals surface area contributed by atoms with E-state index >= 15 is 0 Å². The van der Waals surface area contributed by atoms with Gasteiger partial charge >= 0.3 is 0 Å². The Labute approximate surface area is 137 Å². The summed E-state index contributed by atoms with van der Waals surface area (Å²) in [5.41, 5.74) is 0. The minimum atomic E-state index is 0. The lowest BCUT2D eigenvalue weighted by molar-refractivity contribution is -0.135.